The molecule has 0 radical (unpaired) electrons. The van der Waals surface area contributed by atoms with Crippen molar-refractivity contribution in [3.63, 3.8) is 0 Å². The topological polar surface area (TPSA) is 21.3 Å². The predicted molar refractivity (Wildman–Crippen MR) is 73.4 cm³/mol. The van der Waals surface area contributed by atoms with Crippen molar-refractivity contribution in [3.8, 4) is 5.75 Å². The Balaban J connectivity index is 2.11. The summed E-state index contributed by atoms with van der Waals surface area (Å²) in [5.74, 6) is 1.08. The molecule has 1 N–H and O–H groups in total. The van der Waals surface area contributed by atoms with E-state index in [2.05, 4.69) is 26.1 Å². The molecule has 0 saturated carbocycles. The Morgan fingerprint density at radius 2 is 2.00 bits per heavy atom. The summed E-state index contributed by atoms with van der Waals surface area (Å²) >= 11 is 0. The van der Waals surface area contributed by atoms with Crippen LogP contribution in [0.2, 0.25) is 0 Å². The zero-order valence-corrected chi connectivity index (χ0v) is 11.6. The Labute approximate surface area is 110 Å². The average Bonchev–Trinajstić information content (AvgIpc) is 2.32. The fourth-order valence-electron chi connectivity index (χ4n) is 1.72. The van der Waals surface area contributed by atoms with Crippen LogP contribution in [0.15, 0.2) is 24.3 Å². The number of rotatable bonds is 8. The summed E-state index contributed by atoms with van der Waals surface area (Å²) in [5.41, 5.74) is 0. The highest BCUT2D eigenvalue weighted by molar-refractivity contribution is 5.22. The fraction of sp³-hybridized carbons (Fsp3) is 0.600. The third kappa shape index (κ3) is 6.60. The Morgan fingerprint density at radius 3 is 2.67 bits per heavy atom. The second kappa shape index (κ2) is 8.09. The van der Waals surface area contributed by atoms with Crippen LogP contribution >= 0.6 is 0 Å². The normalized spacial score (nSPS) is 12.7. The van der Waals surface area contributed by atoms with E-state index in [-0.39, 0.29) is 5.82 Å². The molecule has 0 fully saturated rings. The quantitative estimate of drug-likeness (QED) is 0.714. The second-order valence-corrected chi connectivity index (χ2v) is 5.13. The molecule has 0 aliphatic carbocycles. The minimum Gasteiger partial charge on any atom is -0.492 e. The highest BCUT2D eigenvalue weighted by Gasteiger charge is 2.03. The lowest BCUT2D eigenvalue weighted by Gasteiger charge is -2.15. The first-order valence-electron chi connectivity index (χ1n) is 6.69. The van der Waals surface area contributed by atoms with Crippen LogP contribution in [0.1, 0.15) is 33.6 Å². The molecule has 1 rings (SSSR count). The van der Waals surface area contributed by atoms with Gasteiger partial charge in [-0.2, -0.15) is 0 Å². The summed E-state index contributed by atoms with van der Waals surface area (Å²) in [7, 11) is 0. The van der Waals surface area contributed by atoms with Crippen LogP contribution in [0.3, 0.4) is 0 Å². The largest absolute Gasteiger partial charge is 0.492 e. The van der Waals surface area contributed by atoms with Gasteiger partial charge in [0.05, 0.1) is 0 Å². The van der Waals surface area contributed by atoms with Crippen LogP contribution in [0, 0.1) is 11.7 Å². The average molecular weight is 253 g/mol. The molecule has 1 aromatic carbocycles. The summed E-state index contributed by atoms with van der Waals surface area (Å²) in [6, 6.07) is 6.75. The number of halogens is 1. The van der Waals surface area contributed by atoms with E-state index in [0.717, 1.165) is 12.5 Å². The molecule has 1 atom stereocenters. The van der Waals surface area contributed by atoms with Gasteiger partial charge >= 0.3 is 0 Å². The van der Waals surface area contributed by atoms with E-state index in [1.165, 1.54) is 25.0 Å². The van der Waals surface area contributed by atoms with Gasteiger partial charge < -0.3 is 10.1 Å². The van der Waals surface area contributed by atoms with E-state index in [0.29, 0.717) is 18.4 Å². The van der Waals surface area contributed by atoms with Crippen molar-refractivity contribution in [2.45, 2.75) is 39.7 Å². The van der Waals surface area contributed by atoms with Crippen LogP contribution < -0.4 is 10.1 Å². The summed E-state index contributed by atoms with van der Waals surface area (Å²) in [4.78, 5) is 0. The highest BCUT2D eigenvalue weighted by Crippen LogP contribution is 2.11. The maximum atomic E-state index is 12.9. The molecule has 0 aliphatic rings. The van der Waals surface area contributed by atoms with Gasteiger partial charge in [0.1, 0.15) is 18.2 Å². The third-order valence-electron chi connectivity index (χ3n) is 2.84. The van der Waals surface area contributed by atoms with E-state index in [1.807, 2.05) is 0 Å². The van der Waals surface area contributed by atoms with Gasteiger partial charge in [-0.3, -0.25) is 0 Å². The summed E-state index contributed by atoms with van der Waals surface area (Å²) < 4.78 is 18.3. The smallest absolute Gasteiger partial charge is 0.126 e. The Bertz CT molecular complexity index is 341. The van der Waals surface area contributed by atoms with E-state index >= 15 is 0 Å². The minimum atomic E-state index is -0.259. The lowest BCUT2D eigenvalue weighted by molar-refractivity contribution is 0.301. The second-order valence-electron chi connectivity index (χ2n) is 5.13. The number of nitrogens with one attached hydrogen (secondary N) is 1. The van der Waals surface area contributed by atoms with Gasteiger partial charge in [-0.05, 0) is 37.8 Å². The maximum Gasteiger partial charge on any atom is 0.126 e. The summed E-state index contributed by atoms with van der Waals surface area (Å²) in [6.07, 6.45) is 2.41. The van der Waals surface area contributed by atoms with Crippen molar-refractivity contribution < 1.29 is 9.13 Å². The first-order chi connectivity index (χ1) is 8.58. The number of hydrogen-bond acceptors (Lipinski definition) is 2. The lowest BCUT2D eigenvalue weighted by atomic mass is 10.0. The standard InChI is InChI=1S/C15H24FNO/c1-12(2)7-8-13(3)17-9-10-18-15-6-4-5-14(16)11-15/h4-6,11-13,17H,7-10H2,1-3H3. The van der Waals surface area contributed by atoms with Crippen molar-refractivity contribution in [1.82, 2.24) is 5.32 Å². The van der Waals surface area contributed by atoms with E-state index in [9.17, 15) is 4.39 Å². The van der Waals surface area contributed by atoms with Gasteiger partial charge in [0.2, 0.25) is 0 Å². The molecule has 3 heteroatoms. The number of benzene rings is 1. The first-order valence-corrected chi connectivity index (χ1v) is 6.69. The number of ether oxygens (including phenoxy) is 1. The Kier molecular flexibility index (Phi) is 6.73. The molecular weight excluding hydrogens is 229 g/mol. The van der Waals surface area contributed by atoms with Crippen LogP contribution in [-0.4, -0.2) is 19.2 Å². The molecule has 0 amide bonds. The van der Waals surface area contributed by atoms with Gasteiger partial charge in [0, 0.05) is 18.7 Å². The first kappa shape index (κ1) is 15.0. The molecule has 2 nitrogen and oxygen atoms in total. The minimum absolute atomic E-state index is 0.259. The highest BCUT2D eigenvalue weighted by atomic mass is 19.1. The predicted octanol–water partition coefficient (Wildman–Crippen LogP) is 3.62. The molecule has 1 aromatic rings. The lowest BCUT2D eigenvalue weighted by Crippen LogP contribution is -2.30. The van der Waals surface area contributed by atoms with Crippen molar-refractivity contribution >= 4 is 0 Å². The van der Waals surface area contributed by atoms with Crippen molar-refractivity contribution in [2.75, 3.05) is 13.2 Å². The van der Waals surface area contributed by atoms with Crippen molar-refractivity contribution in [1.29, 1.82) is 0 Å². The fourth-order valence-corrected chi connectivity index (χ4v) is 1.72. The monoisotopic (exact) mass is 253 g/mol. The van der Waals surface area contributed by atoms with Gasteiger partial charge in [0.25, 0.3) is 0 Å². The van der Waals surface area contributed by atoms with Gasteiger partial charge in [-0.25, -0.2) is 4.39 Å². The molecule has 18 heavy (non-hydrogen) atoms. The van der Waals surface area contributed by atoms with Crippen molar-refractivity contribution in [3.05, 3.63) is 30.1 Å². The molecular formula is C15H24FNO. The van der Waals surface area contributed by atoms with Crippen molar-refractivity contribution in [2.24, 2.45) is 5.92 Å². The van der Waals surface area contributed by atoms with Crippen LogP contribution in [0.4, 0.5) is 4.39 Å². The summed E-state index contributed by atoms with van der Waals surface area (Å²) in [6.45, 7) is 8.01. The van der Waals surface area contributed by atoms with Gasteiger partial charge in [0.15, 0.2) is 0 Å². The SMILES string of the molecule is CC(C)CCC(C)NCCOc1cccc(F)c1. The molecule has 0 spiro atoms. The molecule has 0 saturated heterocycles. The molecule has 1 unspecified atom stereocenters. The molecule has 0 heterocycles. The zero-order valence-electron chi connectivity index (χ0n) is 11.6. The van der Waals surface area contributed by atoms with E-state index < -0.39 is 0 Å². The van der Waals surface area contributed by atoms with Crippen LogP contribution in [0.25, 0.3) is 0 Å². The van der Waals surface area contributed by atoms with Crippen LogP contribution in [-0.2, 0) is 0 Å². The molecule has 102 valence electrons. The molecule has 0 aliphatic heterocycles. The Morgan fingerprint density at radius 1 is 1.22 bits per heavy atom. The van der Waals surface area contributed by atoms with E-state index in [1.54, 1.807) is 12.1 Å². The van der Waals surface area contributed by atoms with E-state index in [4.69, 9.17) is 4.74 Å². The summed E-state index contributed by atoms with van der Waals surface area (Å²) in [5, 5.41) is 3.40. The molecule has 0 bridgehead atoms. The zero-order chi connectivity index (χ0) is 13.4. The Hall–Kier alpha value is -1.09. The maximum absolute atomic E-state index is 12.9. The third-order valence-corrected chi connectivity index (χ3v) is 2.84. The van der Waals surface area contributed by atoms with Gasteiger partial charge in [-0.15, -0.1) is 0 Å². The molecule has 0 aromatic heterocycles. The van der Waals surface area contributed by atoms with Crippen LogP contribution in [0.5, 0.6) is 5.75 Å². The number of hydrogen-bond donors (Lipinski definition) is 1. The van der Waals surface area contributed by atoms with Gasteiger partial charge in [-0.1, -0.05) is 19.9 Å².